The van der Waals surface area contributed by atoms with E-state index in [1.807, 2.05) is 12.1 Å². The largest absolute Gasteiger partial charge is 0.388 e. The lowest BCUT2D eigenvalue weighted by atomic mass is 9.88. The predicted molar refractivity (Wildman–Crippen MR) is 77.2 cm³/mol. The molecule has 1 aliphatic rings. The Hall–Kier alpha value is -1.38. The molecule has 2 aromatic carbocycles. The van der Waals surface area contributed by atoms with E-state index in [2.05, 4.69) is 38.1 Å². The summed E-state index contributed by atoms with van der Waals surface area (Å²) in [6.45, 7) is 4.80. The van der Waals surface area contributed by atoms with E-state index < -0.39 is 6.10 Å². The molecule has 100 valence electrons. The van der Waals surface area contributed by atoms with E-state index in [1.165, 1.54) is 5.39 Å². The van der Waals surface area contributed by atoms with Crippen LogP contribution in [0.1, 0.15) is 30.6 Å². The first-order valence-corrected chi connectivity index (χ1v) is 6.94. The van der Waals surface area contributed by atoms with Crippen LogP contribution in [-0.2, 0) is 4.74 Å². The van der Waals surface area contributed by atoms with Gasteiger partial charge < -0.3 is 9.84 Å². The molecule has 2 nitrogen and oxygen atoms in total. The zero-order valence-electron chi connectivity index (χ0n) is 11.5. The summed E-state index contributed by atoms with van der Waals surface area (Å²) in [5.41, 5.74) is 2.23. The first kappa shape index (κ1) is 12.6. The van der Waals surface area contributed by atoms with E-state index in [9.17, 15) is 5.11 Å². The molecule has 0 radical (unpaired) electrons. The van der Waals surface area contributed by atoms with Gasteiger partial charge in [-0.1, -0.05) is 36.4 Å². The van der Waals surface area contributed by atoms with Crippen LogP contribution in [0.25, 0.3) is 10.8 Å². The second-order valence-corrected chi connectivity index (χ2v) is 5.60. The van der Waals surface area contributed by atoms with Crippen LogP contribution >= 0.6 is 0 Å². The number of hydrogen-bond donors (Lipinski definition) is 1. The number of aliphatic hydroxyl groups excluding tert-OH is 1. The summed E-state index contributed by atoms with van der Waals surface area (Å²) in [6, 6.07) is 12.5. The van der Waals surface area contributed by atoms with Crippen molar-refractivity contribution >= 4 is 10.8 Å². The zero-order chi connectivity index (χ0) is 13.4. The Labute approximate surface area is 114 Å². The smallest absolute Gasteiger partial charge is 0.0849 e. The normalized spacial score (nSPS) is 24.8. The van der Waals surface area contributed by atoms with Gasteiger partial charge in [-0.2, -0.15) is 0 Å². The second-order valence-electron chi connectivity index (χ2n) is 5.60. The number of fused-ring (bicyclic) bond motifs is 1. The second kappa shape index (κ2) is 4.95. The molecule has 0 bridgehead atoms. The third kappa shape index (κ3) is 2.26. The number of aliphatic hydroxyl groups is 1. The molecule has 1 N–H and O–H groups in total. The fraction of sp³-hybridized carbons (Fsp3) is 0.412. The van der Waals surface area contributed by atoms with Gasteiger partial charge in [0.25, 0.3) is 0 Å². The molecular weight excluding hydrogens is 236 g/mol. The summed E-state index contributed by atoms with van der Waals surface area (Å²) in [5.74, 6) is 0.208. The SMILES string of the molecule is Cc1ccc2ccccc2c1C(O)C1COC(C)C1. The molecule has 1 saturated heterocycles. The summed E-state index contributed by atoms with van der Waals surface area (Å²) in [4.78, 5) is 0. The van der Waals surface area contributed by atoms with E-state index in [1.54, 1.807) is 0 Å². The maximum Gasteiger partial charge on any atom is 0.0849 e. The maximum atomic E-state index is 10.7. The minimum Gasteiger partial charge on any atom is -0.388 e. The summed E-state index contributed by atoms with van der Waals surface area (Å²) < 4.78 is 5.60. The van der Waals surface area contributed by atoms with Crippen LogP contribution in [0.3, 0.4) is 0 Å². The Bertz CT molecular complexity index is 591. The maximum absolute atomic E-state index is 10.7. The Morgan fingerprint density at radius 2 is 2.00 bits per heavy atom. The van der Waals surface area contributed by atoms with Crippen LogP contribution in [0.15, 0.2) is 36.4 Å². The Balaban J connectivity index is 2.06. The van der Waals surface area contributed by atoms with E-state index in [-0.39, 0.29) is 12.0 Å². The molecule has 0 aliphatic carbocycles. The fourth-order valence-corrected chi connectivity index (χ4v) is 3.10. The first-order chi connectivity index (χ1) is 9.16. The van der Waals surface area contributed by atoms with Crippen molar-refractivity contribution in [2.75, 3.05) is 6.61 Å². The summed E-state index contributed by atoms with van der Waals surface area (Å²) in [6.07, 6.45) is 0.759. The molecule has 3 unspecified atom stereocenters. The van der Waals surface area contributed by atoms with Crippen molar-refractivity contribution in [2.24, 2.45) is 5.92 Å². The zero-order valence-corrected chi connectivity index (χ0v) is 11.5. The van der Waals surface area contributed by atoms with Crippen molar-refractivity contribution in [1.82, 2.24) is 0 Å². The Kier molecular flexibility index (Phi) is 3.29. The number of ether oxygens (including phenoxy) is 1. The molecular formula is C17H20O2. The van der Waals surface area contributed by atoms with Crippen LogP contribution in [0.4, 0.5) is 0 Å². The van der Waals surface area contributed by atoms with E-state index in [0.29, 0.717) is 6.61 Å². The highest BCUT2D eigenvalue weighted by molar-refractivity contribution is 5.87. The summed E-state index contributed by atoms with van der Waals surface area (Å²) in [7, 11) is 0. The van der Waals surface area contributed by atoms with Gasteiger partial charge in [-0.3, -0.25) is 0 Å². The lowest BCUT2D eigenvalue weighted by Crippen LogP contribution is -2.14. The third-order valence-electron chi connectivity index (χ3n) is 4.16. The van der Waals surface area contributed by atoms with Gasteiger partial charge in [0.1, 0.15) is 0 Å². The predicted octanol–water partition coefficient (Wildman–Crippen LogP) is 3.61. The fourth-order valence-electron chi connectivity index (χ4n) is 3.10. The highest BCUT2D eigenvalue weighted by Gasteiger charge is 2.30. The van der Waals surface area contributed by atoms with Crippen molar-refractivity contribution in [3.05, 3.63) is 47.5 Å². The van der Waals surface area contributed by atoms with Gasteiger partial charge in [0.15, 0.2) is 0 Å². The molecule has 2 aromatic rings. The van der Waals surface area contributed by atoms with Crippen molar-refractivity contribution in [3.8, 4) is 0 Å². The van der Waals surface area contributed by atoms with Gasteiger partial charge in [0.05, 0.1) is 18.8 Å². The molecule has 0 aromatic heterocycles. The average Bonchev–Trinajstić information content (AvgIpc) is 2.85. The van der Waals surface area contributed by atoms with Crippen molar-refractivity contribution in [3.63, 3.8) is 0 Å². The lowest BCUT2D eigenvalue weighted by Gasteiger charge is -2.21. The van der Waals surface area contributed by atoms with Crippen LogP contribution < -0.4 is 0 Å². The minimum atomic E-state index is -0.434. The topological polar surface area (TPSA) is 29.5 Å². The van der Waals surface area contributed by atoms with Crippen molar-refractivity contribution in [1.29, 1.82) is 0 Å². The van der Waals surface area contributed by atoms with Crippen LogP contribution in [0, 0.1) is 12.8 Å². The summed E-state index contributed by atoms with van der Waals surface area (Å²) in [5, 5.41) is 13.1. The number of aryl methyl sites for hydroxylation is 1. The molecule has 1 heterocycles. The molecule has 1 fully saturated rings. The van der Waals surface area contributed by atoms with E-state index in [0.717, 1.165) is 22.9 Å². The Morgan fingerprint density at radius 1 is 1.21 bits per heavy atom. The van der Waals surface area contributed by atoms with Gasteiger partial charge in [0, 0.05) is 5.92 Å². The first-order valence-electron chi connectivity index (χ1n) is 6.94. The highest BCUT2D eigenvalue weighted by Crippen LogP contribution is 2.36. The molecule has 19 heavy (non-hydrogen) atoms. The third-order valence-corrected chi connectivity index (χ3v) is 4.16. The number of benzene rings is 2. The van der Waals surface area contributed by atoms with Gasteiger partial charge in [-0.05, 0) is 42.2 Å². The quantitative estimate of drug-likeness (QED) is 0.889. The average molecular weight is 256 g/mol. The minimum absolute atomic E-state index is 0.208. The standard InChI is InChI=1S/C17H20O2/c1-11-7-8-13-5-3-4-6-15(13)16(11)17(18)14-9-12(2)19-10-14/h3-8,12,14,17-18H,9-10H2,1-2H3. The lowest BCUT2D eigenvalue weighted by molar-refractivity contribution is 0.0808. The van der Waals surface area contributed by atoms with E-state index in [4.69, 9.17) is 4.74 Å². The van der Waals surface area contributed by atoms with Gasteiger partial charge in [0.2, 0.25) is 0 Å². The molecule has 2 heteroatoms. The van der Waals surface area contributed by atoms with Crippen LogP contribution in [0.5, 0.6) is 0 Å². The van der Waals surface area contributed by atoms with Gasteiger partial charge in [-0.15, -0.1) is 0 Å². The van der Waals surface area contributed by atoms with Crippen molar-refractivity contribution in [2.45, 2.75) is 32.5 Å². The van der Waals surface area contributed by atoms with Gasteiger partial charge >= 0.3 is 0 Å². The molecule has 3 atom stereocenters. The Morgan fingerprint density at radius 3 is 2.74 bits per heavy atom. The molecule has 0 spiro atoms. The van der Waals surface area contributed by atoms with Crippen LogP contribution in [0.2, 0.25) is 0 Å². The van der Waals surface area contributed by atoms with Gasteiger partial charge in [-0.25, -0.2) is 0 Å². The number of rotatable bonds is 2. The highest BCUT2D eigenvalue weighted by atomic mass is 16.5. The molecule has 0 saturated carbocycles. The molecule has 3 rings (SSSR count). The number of hydrogen-bond acceptors (Lipinski definition) is 2. The van der Waals surface area contributed by atoms with Crippen LogP contribution in [-0.4, -0.2) is 17.8 Å². The summed E-state index contributed by atoms with van der Waals surface area (Å²) >= 11 is 0. The molecule has 0 amide bonds. The van der Waals surface area contributed by atoms with Crippen molar-refractivity contribution < 1.29 is 9.84 Å². The monoisotopic (exact) mass is 256 g/mol. The molecule has 1 aliphatic heterocycles. The van der Waals surface area contributed by atoms with E-state index >= 15 is 0 Å².